The minimum atomic E-state index is 0.139. The van der Waals surface area contributed by atoms with E-state index in [1.54, 1.807) is 14.2 Å². The topological polar surface area (TPSA) is 56.5 Å². The summed E-state index contributed by atoms with van der Waals surface area (Å²) in [6, 6.07) is 6.00. The molecule has 0 aliphatic heterocycles. The normalized spacial score (nSPS) is 12.2. The van der Waals surface area contributed by atoms with Crippen molar-refractivity contribution in [3.63, 3.8) is 0 Å². The fourth-order valence-corrected chi connectivity index (χ4v) is 1.98. The van der Waals surface area contributed by atoms with Gasteiger partial charge in [-0.2, -0.15) is 0 Å². The highest BCUT2D eigenvalue weighted by Gasteiger charge is 2.12. The monoisotopic (exact) mass is 252 g/mol. The van der Waals surface area contributed by atoms with E-state index in [0.29, 0.717) is 0 Å². The first-order valence-corrected chi connectivity index (χ1v) is 6.44. The molecule has 0 aromatic heterocycles. The summed E-state index contributed by atoms with van der Waals surface area (Å²) in [4.78, 5) is 0. The second kappa shape index (κ2) is 7.95. The van der Waals surface area contributed by atoms with Gasteiger partial charge in [0, 0.05) is 12.1 Å². The molecule has 102 valence electrons. The predicted octanol–water partition coefficient (Wildman–Crippen LogP) is 2.79. The maximum atomic E-state index is 5.64. The van der Waals surface area contributed by atoms with Crippen LogP contribution in [0, 0.1) is 0 Å². The van der Waals surface area contributed by atoms with Crippen molar-refractivity contribution in [2.24, 2.45) is 5.84 Å². The molecule has 4 nitrogen and oxygen atoms in total. The highest BCUT2D eigenvalue weighted by Crippen LogP contribution is 2.28. The summed E-state index contributed by atoms with van der Waals surface area (Å²) in [6.07, 6.45) is 4.60. The fourth-order valence-electron chi connectivity index (χ4n) is 1.98. The molecule has 0 bridgehead atoms. The number of ether oxygens (including phenoxy) is 2. The van der Waals surface area contributed by atoms with Crippen LogP contribution < -0.4 is 20.7 Å². The molecule has 0 radical (unpaired) electrons. The minimum absolute atomic E-state index is 0.139. The third-order valence-electron chi connectivity index (χ3n) is 3.07. The quantitative estimate of drug-likeness (QED) is 0.424. The SMILES string of the molecule is CCCCCC(NN)c1cc(OC)cc(OC)c1. The van der Waals surface area contributed by atoms with Gasteiger partial charge in [-0.3, -0.25) is 11.3 Å². The lowest BCUT2D eigenvalue weighted by molar-refractivity contribution is 0.390. The molecule has 0 amide bonds. The Morgan fingerprint density at radius 3 is 2.17 bits per heavy atom. The van der Waals surface area contributed by atoms with E-state index in [1.807, 2.05) is 18.2 Å². The number of nitrogens with two attached hydrogens (primary N) is 1. The number of rotatable bonds is 8. The van der Waals surface area contributed by atoms with Crippen LogP contribution in [0.4, 0.5) is 0 Å². The molecule has 4 heteroatoms. The lowest BCUT2D eigenvalue weighted by Crippen LogP contribution is -2.28. The molecule has 0 fully saturated rings. The molecule has 0 aliphatic carbocycles. The minimum Gasteiger partial charge on any atom is -0.497 e. The molecule has 1 unspecified atom stereocenters. The Morgan fingerprint density at radius 2 is 1.72 bits per heavy atom. The third kappa shape index (κ3) is 4.20. The zero-order valence-corrected chi connectivity index (χ0v) is 11.5. The van der Waals surface area contributed by atoms with E-state index in [0.717, 1.165) is 29.9 Å². The van der Waals surface area contributed by atoms with Gasteiger partial charge in [0.05, 0.1) is 14.2 Å². The van der Waals surface area contributed by atoms with E-state index < -0.39 is 0 Å². The lowest BCUT2D eigenvalue weighted by atomic mass is 10.0. The summed E-state index contributed by atoms with van der Waals surface area (Å²) >= 11 is 0. The number of hydrogen-bond acceptors (Lipinski definition) is 4. The van der Waals surface area contributed by atoms with Gasteiger partial charge in [0.15, 0.2) is 0 Å². The smallest absolute Gasteiger partial charge is 0.122 e. The van der Waals surface area contributed by atoms with E-state index in [1.165, 1.54) is 12.8 Å². The summed E-state index contributed by atoms with van der Waals surface area (Å²) in [5.41, 5.74) is 3.97. The highest BCUT2D eigenvalue weighted by molar-refractivity contribution is 5.39. The summed E-state index contributed by atoms with van der Waals surface area (Å²) in [5.74, 6) is 7.22. The van der Waals surface area contributed by atoms with Crippen molar-refractivity contribution in [1.82, 2.24) is 5.43 Å². The Morgan fingerprint density at radius 1 is 1.11 bits per heavy atom. The Balaban J connectivity index is 2.83. The molecular formula is C14H24N2O2. The lowest BCUT2D eigenvalue weighted by Gasteiger charge is -2.18. The number of methoxy groups -OCH3 is 2. The van der Waals surface area contributed by atoms with Crippen LogP contribution in [-0.2, 0) is 0 Å². The van der Waals surface area contributed by atoms with Crippen LogP contribution in [0.15, 0.2) is 18.2 Å². The van der Waals surface area contributed by atoms with Crippen molar-refractivity contribution < 1.29 is 9.47 Å². The Labute approximate surface area is 109 Å². The van der Waals surface area contributed by atoms with Gasteiger partial charge in [-0.15, -0.1) is 0 Å². The first-order valence-electron chi connectivity index (χ1n) is 6.44. The van der Waals surface area contributed by atoms with Crippen molar-refractivity contribution in [3.05, 3.63) is 23.8 Å². The Bertz CT molecular complexity index is 333. The van der Waals surface area contributed by atoms with Gasteiger partial charge in [0.25, 0.3) is 0 Å². The van der Waals surface area contributed by atoms with Gasteiger partial charge in [0.2, 0.25) is 0 Å². The first kappa shape index (κ1) is 14.8. The van der Waals surface area contributed by atoms with Gasteiger partial charge in [-0.25, -0.2) is 0 Å². The van der Waals surface area contributed by atoms with E-state index in [-0.39, 0.29) is 6.04 Å². The number of hydrogen-bond donors (Lipinski definition) is 2. The number of benzene rings is 1. The standard InChI is InChI=1S/C14H24N2O2/c1-4-5-6-7-14(16-15)11-8-12(17-2)10-13(9-11)18-3/h8-10,14,16H,4-7,15H2,1-3H3. The molecule has 1 aromatic carbocycles. The second-order valence-electron chi connectivity index (χ2n) is 4.36. The molecule has 1 rings (SSSR count). The molecule has 0 aliphatic rings. The zero-order valence-electron chi connectivity index (χ0n) is 11.5. The molecule has 0 heterocycles. The zero-order chi connectivity index (χ0) is 13.4. The molecule has 0 spiro atoms. The van der Waals surface area contributed by atoms with E-state index in [2.05, 4.69) is 12.3 Å². The van der Waals surface area contributed by atoms with Crippen LogP contribution in [-0.4, -0.2) is 14.2 Å². The summed E-state index contributed by atoms with van der Waals surface area (Å²) in [5, 5.41) is 0. The summed E-state index contributed by atoms with van der Waals surface area (Å²) in [7, 11) is 3.31. The molecular weight excluding hydrogens is 228 g/mol. The van der Waals surface area contributed by atoms with Crippen molar-refractivity contribution in [3.8, 4) is 11.5 Å². The highest BCUT2D eigenvalue weighted by atomic mass is 16.5. The maximum absolute atomic E-state index is 5.64. The fraction of sp³-hybridized carbons (Fsp3) is 0.571. The predicted molar refractivity (Wildman–Crippen MR) is 73.8 cm³/mol. The van der Waals surface area contributed by atoms with Crippen molar-refractivity contribution in [2.75, 3.05) is 14.2 Å². The number of hydrazine groups is 1. The van der Waals surface area contributed by atoms with Crippen LogP contribution in [0.1, 0.15) is 44.2 Å². The van der Waals surface area contributed by atoms with Crippen LogP contribution in [0.25, 0.3) is 0 Å². The molecule has 0 saturated carbocycles. The summed E-state index contributed by atoms with van der Waals surface area (Å²) < 4.78 is 10.5. The van der Waals surface area contributed by atoms with Crippen LogP contribution in [0.2, 0.25) is 0 Å². The van der Waals surface area contributed by atoms with Crippen LogP contribution >= 0.6 is 0 Å². The van der Waals surface area contributed by atoms with E-state index in [9.17, 15) is 0 Å². The molecule has 1 atom stereocenters. The average Bonchev–Trinajstić information content (AvgIpc) is 2.43. The Kier molecular flexibility index (Phi) is 6.54. The van der Waals surface area contributed by atoms with Gasteiger partial charge >= 0.3 is 0 Å². The summed E-state index contributed by atoms with van der Waals surface area (Å²) in [6.45, 7) is 2.19. The molecule has 1 aromatic rings. The number of unbranched alkanes of at least 4 members (excludes halogenated alkanes) is 2. The third-order valence-corrected chi connectivity index (χ3v) is 3.07. The maximum Gasteiger partial charge on any atom is 0.122 e. The average molecular weight is 252 g/mol. The van der Waals surface area contributed by atoms with E-state index >= 15 is 0 Å². The van der Waals surface area contributed by atoms with Crippen molar-refractivity contribution >= 4 is 0 Å². The first-order chi connectivity index (χ1) is 8.74. The molecule has 18 heavy (non-hydrogen) atoms. The van der Waals surface area contributed by atoms with Gasteiger partial charge in [0.1, 0.15) is 11.5 Å². The van der Waals surface area contributed by atoms with Gasteiger partial charge < -0.3 is 9.47 Å². The van der Waals surface area contributed by atoms with Gasteiger partial charge in [-0.1, -0.05) is 26.2 Å². The Hall–Kier alpha value is -1.26. The molecule has 3 N–H and O–H groups in total. The van der Waals surface area contributed by atoms with Gasteiger partial charge in [-0.05, 0) is 24.1 Å². The van der Waals surface area contributed by atoms with Crippen molar-refractivity contribution in [1.29, 1.82) is 0 Å². The second-order valence-corrected chi connectivity index (χ2v) is 4.36. The molecule has 0 saturated heterocycles. The van der Waals surface area contributed by atoms with E-state index in [4.69, 9.17) is 15.3 Å². The van der Waals surface area contributed by atoms with Crippen LogP contribution in [0.3, 0.4) is 0 Å². The largest absolute Gasteiger partial charge is 0.497 e. The number of nitrogens with one attached hydrogen (secondary N) is 1. The van der Waals surface area contributed by atoms with Crippen LogP contribution in [0.5, 0.6) is 11.5 Å². The van der Waals surface area contributed by atoms with Crippen molar-refractivity contribution in [2.45, 2.75) is 38.6 Å².